The van der Waals surface area contributed by atoms with Crippen molar-refractivity contribution in [2.24, 2.45) is 0 Å². The molecule has 1 aromatic carbocycles. The largest absolute Gasteiger partial charge is 0.469 e. The highest BCUT2D eigenvalue weighted by Gasteiger charge is 2.27. The van der Waals surface area contributed by atoms with Gasteiger partial charge in [0.15, 0.2) is 0 Å². The number of methoxy groups -OCH3 is 1. The first-order valence-corrected chi connectivity index (χ1v) is 7.55. The van der Waals surface area contributed by atoms with Gasteiger partial charge in [-0.25, -0.2) is 0 Å². The van der Waals surface area contributed by atoms with E-state index in [1.807, 2.05) is 0 Å². The fraction of sp³-hybridized carbons (Fsp3) is 0.375. The number of benzene rings is 1. The number of carbonyl (C=O) groups is 4. The summed E-state index contributed by atoms with van der Waals surface area (Å²) in [5.41, 5.74) is 0.834. The van der Waals surface area contributed by atoms with Crippen molar-refractivity contribution in [3.63, 3.8) is 0 Å². The van der Waals surface area contributed by atoms with Crippen molar-refractivity contribution in [2.75, 3.05) is 19.0 Å². The van der Waals surface area contributed by atoms with Crippen molar-refractivity contribution in [2.45, 2.75) is 25.3 Å². The first-order valence-electron chi connectivity index (χ1n) is 7.55. The van der Waals surface area contributed by atoms with Crippen LogP contribution in [-0.2, 0) is 19.1 Å². The van der Waals surface area contributed by atoms with Crippen LogP contribution in [0.5, 0.6) is 0 Å². The first-order chi connectivity index (χ1) is 11.5. The molecule has 0 saturated heterocycles. The van der Waals surface area contributed by atoms with Gasteiger partial charge in [-0.1, -0.05) is 12.1 Å². The second kappa shape index (κ2) is 8.09. The van der Waals surface area contributed by atoms with Gasteiger partial charge >= 0.3 is 5.97 Å². The third-order valence-electron chi connectivity index (χ3n) is 3.59. The lowest BCUT2D eigenvalue weighted by Gasteiger charge is -2.14. The summed E-state index contributed by atoms with van der Waals surface area (Å²) in [6.45, 7) is 0.167. The van der Waals surface area contributed by atoms with E-state index in [0.717, 1.165) is 0 Å². The Morgan fingerprint density at radius 3 is 2.71 bits per heavy atom. The van der Waals surface area contributed by atoms with Crippen molar-refractivity contribution in [3.8, 4) is 0 Å². The number of fused-ring (bicyclic) bond motifs is 1. The molecule has 0 fully saturated rings. The standard InChI is InChI=1S/C16H19N3O5/c1-24-14(21)8-9-17-13(20)7-6-12-16(23)18-11-5-3-2-4-10(11)15(22)19-12/h2-5,12H,6-9H2,1H3,(H,17,20)(H,18,23)(H,19,22)/t12-/m1/s1. The predicted molar refractivity (Wildman–Crippen MR) is 85.2 cm³/mol. The van der Waals surface area contributed by atoms with Crippen molar-refractivity contribution in [1.29, 1.82) is 0 Å². The Hall–Kier alpha value is -2.90. The summed E-state index contributed by atoms with van der Waals surface area (Å²) in [5.74, 6) is -1.44. The molecule has 0 unspecified atom stereocenters. The van der Waals surface area contributed by atoms with E-state index in [9.17, 15) is 19.2 Å². The average Bonchev–Trinajstić information content (AvgIpc) is 2.69. The number of rotatable bonds is 6. The summed E-state index contributed by atoms with van der Waals surface area (Å²) in [4.78, 5) is 47.0. The van der Waals surface area contributed by atoms with Crippen LogP contribution >= 0.6 is 0 Å². The fourth-order valence-corrected chi connectivity index (χ4v) is 2.28. The lowest BCUT2D eigenvalue weighted by atomic mass is 10.1. The molecule has 0 aliphatic carbocycles. The third-order valence-corrected chi connectivity index (χ3v) is 3.59. The summed E-state index contributed by atoms with van der Waals surface area (Å²) in [6.07, 6.45) is 0.295. The Balaban J connectivity index is 1.85. The van der Waals surface area contributed by atoms with Gasteiger partial charge in [0.2, 0.25) is 11.8 Å². The first kappa shape index (κ1) is 17.5. The highest BCUT2D eigenvalue weighted by Crippen LogP contribution is 2.19. The number of amides is 3. The van der Waals surface area contributed by atoms with E-state index in [0.29, 0.717) is 11.3 Å². The van der Waals surface area contributed by atoms with Gasteiger partial charge in [-0.15, -0.1) is 0 Å². The Morgan fingerprint density at radius 2 is 1.96 bits per heavy atom. The van der Waals surface area contributed by atoms with Gasteiger partial charge in [0, 0.05) is 13.0 Å². The molecule has 1 heterocycles. The third kappa shape index (κ3) is 4.55. The van der Waals surface area contributed by atoms with Crippen molar-refractivity contribution < 1.29 is 23.9 Å². The lowest BCUT2D eigenvalue weighted by Crippen LogP contribution is -2.42. The SMILES string of the molecule is COC(=O)CCNC(=O)CC[C@H]1NC(=O)c2ccccc2NC1=O. The van der Waals surface area contributed by atoms with Crippen molar-refractivity contribution in [3.05, 3.63) is 29.8 Å². The van der Waals surface area contributed by atoms with Crippen LogP contribution in [0.4, 0.5) is 5.69 Å². The van der Waals surface area contributed by atoms with Crippen LogP contribution in [0, 0.1) is 0 Å². The molecule has 0 bridgehead atoms. The van der Waals surface area contributed by atoms with Gasteiger partial charge in [0.05, 0.1) is 24.8 Å². The molecular weight excluding hydrogens is 314 g/mol. The van der Waals surface area contributed by atoms with E-state index in [1.165, 1.54) is 7.11 Å². The number of para-hydroxylation sites is 1. The Kier molecular flexibility index (Phi) is 5.89. The minimum atomic E-state index is -0.795. The van der Waals surface area contributed by atoms with Crippen LogP contribution in [0.1, 0.15) is 29.6 Å². The second-order valence-corrected chi connectivity index (χ2v) is 5.28. The molecule has 0 spiro atoms. The lowest BCUT2D eigenvalue weighted by molar-refractivity contribution is -0.140. The Morgan fingerprint density at radius 1 is 1.21 bits per heavy atom. The minimum absolute atomic E-state index is 0.0515. The molecule has 8 heteroatoms. The quantitative estimate of drug-likeness (QED) is 0.644. The zero-order valence-corrected chi connectivity index (χ0v) is 13.3. The predicted octanol–water partition coefficient (Wildman–Crippen LogP) is 0.197. The van der Waals surface area contributed by atoms with Crippen LogP contribution in [0.3, 0.4) is 0 Å². The summed E-state index contributed by atoms with van der Waals surface area (Å²) in [5, 5.41) is 7.86. The molecule has 0 saturated carbocycles. The monoisotopic (exact) mass is 333 g/mol. The molecule has 3 amide bonds. The number of ether oxygens (including phenoxy) is 1. The average molecular weight is 333 g/mol. The summed E-state index contributed by atoms with van der Waals surface area (Å²) >= 11 is 0. The maximum Gasteiger partial charge on any atom is 0.307 e. The van der Waals surface area contributed by atoms with E-state index >= 15 is 0 Å². The maximum absolute atomic E-state index is 12.2. The fourth-order valence-electron chi connectivity index (χ4n) is 2.28. The van der Waals surface area contributed by atoms with Crippen LogP contribution in [-0.4, -0.2) is 43.4 Å². The van der Waals surface area contributed by atoms with Gasteiger partial charge in [0.1, 0.15) is 6.04 Å². The van der Waals surface area contributed by atoms with E-state index in [2.05, 4.69) is 20.7 Å². The zero-order valence-electron chi connectivity index (χ0n) is 13.3. The topological polar surface area (TPSA) is 114 Å². The number of carbonyl (C=O) groups excluding carboxylic acids is 4. The summed E-state index contributed by atoms with van der Waals surface area (Å²) in [7, 11) is 1.27. The molecule has 0 radical (unpaired) electrons. The molecular formula is C16H19N3O5. The molecule has 1 atom stereocenters. The molecule has 8 nitrogen and oxygen atoms in total. The highest BCUT2D eigenvalue weighted by molar-refractivity contribution is 6.09. The van der Waals surface area contributed by atoms with Gasteiger partial charge in [-0.3, -0.25) is 19.2 Å². The van der Waals surface area contributed by atoms with E-state index in [4.69, 9.17) is 0 Å². The van der Waals surface area contributed by atoms with E-state index in [-0.39, 0.29) is 43.5 Å². The van der Waals surface area contributed by atoms with Crippen molar-refractivity contribution >= 4 is 29.4 Å². The molecule has 2 rings (SSSR count). The molecule has 0 aromatic heterocycles. The number of hydrogen-bond donors (Lipinski definition) is 3. The smallest absolute Gasteiger partial charge is 0.307 e. The van der Waals surface area contributed by atoms with Gasteiger partial charge in [-0.2, -0.15) is 0 Å². The minimum Gasteiger partial charge on any atom is -0.469 e. The molecule has 1 aliphatic heterocycles. The molecule has 24 heavy (non-hydrogen) atoms. The summed E-state index contributed by atoms with van der Waals surface area (Å²) in [6, 6.07) is 5.90. The Labute approximate surface area is 138 Å². The van der Waals surface area contributed by atoms with E-state index in [1.54, 1.807) is 24.3 Å². The van der Waals surface area contributed by atoms with Crippen molar-refractivity contribution in [1.82, 2.24) is 10.6 Å². The van der Waals surface area contributed by atoms with Gasteiger partial charge in [-0.05, 0) is 18.6 Å². The van der Waals surface area contributed by atoms with Crippen LogP contribution in [0.25, 0.3) is 0 Å². The molecule has 128 valence electrons. The van der Waals surface area contributed by atoms with Crippen LogP contribution < -0.4 is 16.0 Å². The summed E-state index contributed by atoms with van der Waals surface area (Å²) < 4.78 is 4.47. The van der Waals surface area contributed by atoms with Gasteiger partial charge in [0.25, 0.3) is 5.91 Å². The number of nitrogens with one attached hydrogen (secondary N) is 3. The second-order valence-electron chi connectivity index (χ2n) is 5.28. The van der Waals surface area contributed by atoms with Crippen LogP contribution in [0.2, 0.25) is 0 Å². The molecule has 3 N–H and O–H groups in total. The number of hydrogen-bond acceptors (Lipinski definition) is 5. The van der Waals surface area contributed by atoms with E-state index < -0.39 is 12.0 Å². The van der Waals surface area contributed by atoms with Gasteiger partial charge < -0.3 is 20.7 Å². The molecule has 1 aromatic rings. The number of anilines is 1. The maximum atomic E-state index is 12.2. The molecule has 1 aliphatic rings. The zero-order chi connectivity index (χ0) is 17.5. The Bertz CT molecular complexity index is 659. The van der Waals surface area contributed by atoms with Crippen LogP contribution in [0.15, 0.2) is 24.3 Å². The normalized spacial score (nSPS) is 16.3. The highest BCUT2D eigenvalue weighted by atomic mass is 16.5. The number of esters is 1.